The zero-order valence-corrected chi connectivity index (χ0v) is 19.4. The predicted octanol–water partition coefficient (Wildman–Crippen LogP) is 1.52. The van der Waals surface area contributed by atoms with E-state index in [-0.39, 0.29) is 19.1 Å². The van der Waals surface area contributed by atoms with E-state index in [2.05, 4.69) is 38.6 Å². The summed E-state index contributed by atoms with van der Waals surface area (Å²) in [5.74, 6) is -2.20. The summed E-state index contributed by atoms with van der Waals surface area (Å²) in [5.41, 5.74) is -0.404. The zero-order chi connectivity index (χ0) is 23.4. The van der Waals surface area contributed by atoms with Gasteiger partial charge in [0.15, 0.2) is 0 Å². The first-order valence-corrected chi connectivity index (χ1v) is 10.8. The molecule has 2 unspecified atom stereocenters. The lowest BCUT2D eigenvalue weighted by molar-refractivity contribution is -0.148. The van der Waals surface area contributed by atoms with Gasteiger partial charge in [-0.25, -0.2) is 14.4 Å². The molecular formula is C19H30BrClO9. The van der Waals surface area contributed by atoms with Gasteiger partial charge in [0.05, 0.1) is 31.8 Å². The Hall–Kier alpha value is -1.46. The Balaban J connectivity index is 0. The van der Waals surface area contributed by atoms with Crippen molar-refractivity contribution in [2.45, 2.75) is 32.0 Å². The average Bonchev–Trinajstić information content (AvgIpc) is 2.75. The van der Waals surface area contributed by atoms with Gasteiger partial charge in [-0.1, -0.05) is 29.1 Å². The molecule has 0 heterocycles. The van der Waals surface area contributed by atoms with Gasteiger partial charge in [-0.2, -0.15) is 0 Å². The molecule has 0 aliphatic heterocycles. The molecule has 0 aromatic carbocycles. The molecule has 0 aromatic rings. The standard InChI is InChI=1S/C10H17BrO4.C9H13ClO5/c1-2-10(13)15-6-4-3-5-14-8-9(12)7-11;1-3-14-8(12)6(2)9(13)15-5-7(11)4-10/h2,9,12H,1,3-8H2;7,11H,2-5H2,1H3. The first-order chi connectivity index (χ1) is 14.2. The average molecular weight is 518 g/mol. The Bertz CT molecular complexity index is 528. The Morgan fingerprint density at radius 2 is 1.63 bits per heavy atom. The second-order valence-electron chi connectivity index (χ2n) is 5.57. The molecule has 0 rings (SSSR count). The van der Waals surface area contributed by atoms with Crippen molar-refractivity contribution in [3.8, 4) is 0 Å². The van der Waals surface area contributed by atoms with E-state index in [9.17, 15) is 14.4 Å². The highest BCUT2D eigenvalue weighted by Crippen LogP contribution is 2.00. The first-order valence-electron chi connectivity index (χ1n) is 9.11. The predicted molar refractivity (Wildman–Crippen MR) is 114 cm³/mol. The smallest absolute Gasteiger partial charge is 0.345 e. The summed E-state index contributed by atoms with van der Waals surface area (Å²) in [6.07, 6.45) is 1.29. The van der Waals surface area contributed by atoms with Crippen molar-refractivity contribution in [1.82, 2.24) is 0 Å². The normalized spacial score (nSPS) is 11.9. The Kier molecular flexibility index (Phi) is 21.3. The third-order valence-electron chi connectivity index (χ3n) is 2.94. The van der Waals surface area contributed by atoms with Crippen LogP contribution in [0.4, 0.5) is 0 Å². The fraction of sp³-hybridized carbons (Fsp3) is 0.632. The van der Waals surface area contributed by atoms with Gasteiger partial charge in [0.1, 0.15) is 18.3 Å². The van der Waals surface area contributed by atoms with Crippen LogP contribution in [0.3, 0.4) is 0 Å². The first kappa shape index (κ1) is 30.7. The zero-order valence-electron chi connectivity index (χ0n) is 17.0. The van der Waals surface area contributed by atoms with Crippen LogP contribution in [-0.2, 0) is 33.3 Å². The van der Waals surface area contributed by atoms with Crippen LogP contribution < -0.4 is 0 Å². The molecule has 0 amide bonds. The Morgan fingerprint density at radius 3 is 2.17 bits per heavy atom. The molecule has 174 valence electrons. The molecule has 0 aliphatic rings. The van der Waals surface area contributed by atoms with Gasteiger partial charge in [-0.3, -0.25) is 0 Å². The molecule has 0 fully saturated rings. The lowest BCUT2D eigenvalue weighted by atomic mass is 10.3. The fourth-order valence-electron chi connectivity index (χ4n) is 1.41. The van der Waals surface area contributed by atoms with Crippen molar-refractivity contribution >= 4 is 45.4 Å². The molecule has 0 aromatic heterocycles. The third kappa shape index (κ3) is 18.6. The summed E-state index contributed by atoms with van der Waals surface area (Å²) in [7, 11) is 0. The molecular weight excluding hydrogens is 488 g/mol. The second-order valence-corrected chi connectivity index (χ2v) is 6.52. The molecule has 0 saturated heterocycles. The summed E-state index contributed by atoms with van der Waals surface area (Å²) in [4.78, 5) is 32.7. The van der Waals surface area contributed by atoms with Gasteiger partial charge < -0.3 is 29.2 Å². The number of hydrogen-bond acceptors (Lipinski definition) is 9. The van der Waals surface area contributed by atoms with Crippen molar-refractivity contribution in [1.29, 1.82) is 0 Å². The van der Waals surface area contributed by atoms with E-state index in [0.29, 0.717) is 25.2 Å². The van der Waals surface area contributed by atoms with Gasteiger partial charge in [0, 0.05) is 18.0 Å². The maximum absolute atomic E-state index is 11.1. The summed E-state index contributed by atoms with van der Waals surface area (Å²) < 4.78 is 19.0. The largest absolute Gasteiger partial charge is 0.463 e. The maximum Gasteiger partial charge on any atom is 0.345 e. The van der Waals surface area contributed by atoms with E-state index < -0.39 is 35.7 Å². The quantitative estimate of drug-likeness (QED) is 0.0632. The molecule has 30 heavy (non-hydrogen) atoms. The number of carbonyl (C=O) groups is 3. The van der Waals surface area contributed by atoms with Crippen molar-refractivity contribution in [2.24, 2.45) is 0 Å². The highest BCUT2D eigenvalue weighted by Gasteiger charge is 2.19. The number of carbonyl (C=O) groups excluding carboxylic acids is 3. The number of aliphatic hydroxyl groups excluding tert-OH is 2. The third-order valence-corrected chi connectivity index (χ3v) is 4.04. The lowest BCUT2D eigenvalue weighted by Crippen LogP contribution is -2.23. The highest BCUT2D eigenvalue weighted by molar-refractivity contribution is 9.09. The van der Waals surface area contributed by atoms with Crippen molar-refractivity contribution < 1.29 is 43.5 Å². The molecule has 9 nitrogen and oxygen atoms in total. The fourth-order valence-corrected chi connectivity index (χ4v) is 1.68. The Morgan fingerprint density at radius 1 is 1.03 bits per heavy atom. The summed E-state index contributed by atoms with van der Waals surface area (Å²) in [5, 5.41) is 18.6. The number of halogens is 2. The van der Waals surface area contributed by atoms with Crippen LogP contribution in [0.15, 0.2) is 24.8 Å². The number of unbranched alkanes of at least 4 members (excludes halogenated alkanes) is 1. The molecule has 2 N–H and O–H groups in total. The van der Waals surface area contributed by atoms with Gasteiger partial charge in [-0.05, 0) is 19.8 Å². The molecule has 0 radical (unpaired) electrons. The minimum Gasteiger partial charge on any atom is -0.463 e. The number of alkyl halides is 2. The van der Waals surface area contributed by atoms with Crippen LogP contribution in [0.5, 0.6) is 0 Å². The minimum atomic E-state index is -0.953. The van der Waals surface area contributed by atoms with Crippen LogP contribution in [-0.4, -0.2) is 84.6 Å². The SMILES string of the molecule is C=C(C(=O)OCC)C(=O)OCC(O)CCl.C=CC(=O)OCCCCOCC(O)CBr. The second kappa shape index (κ2) is 20.8. The molecule has 11 heteroatoms. The van der Waals surface area contributed by atoms with Crippen LogP contribution >= 0.6 is 27.5 Å². The summed E-state index contributed by atoms with van der Waals surface area (Å²) in [6, 6.07) is 0. The number of ether oxygens (including phenoxy) is 4. The molecule has 0 saturated carbocycles. The number of rotatable bonds is 15. The lowest BCUT2D eigenvalue weighted by Gasteiger charge is -2.08. The van der Waals surface area contributed by atoms with Gasteiger partial charge >= 0.3 is 17.9 Å². The van der Waals surface area contributed by atoms with Gasteiger partial charge in [0.2, 0.25) is 0 Å². The van der Waals surface area contributed by atoms with E-state index in [1.807, 2.05) is 0 Å². The van der Waals surface area contributed by atoms with E-state index in [1.165, 1.54) is 0 Å². The van der Waals surface area contributed by atoms with Crippen molar-refractivity contribution in [3.05, 3.63) is 24.8 Å². The molecule has 0 bridgehead atoms. The monoisotopic (exact) mass is 516 g/mol. The minimum absolute atomic E-state index is 0.0564. The molecule has 0 aliphatic carbocycles. The van der Waals surface area contributed by atoms with Crippen LogP contribution in [0, 0.1) is 0 Å². The molecule has 2 atom stereocenters. The highest BCUT2D eigenvalue weighted by atomic mass is 79.9. The number of aliphatic hydroxyl groups is 2. The van der Waals surface area contributed by atoms with E-state index in [0.717, 1.165) is 18.9 Å². The van der Waals surface area contributed by atoms with Gasteiger partial charge in [-0.15, -0.1) is 11.6 Å². The van der Waals surface area contributed by atoms with E-state index in [4.69, 9.17) is 31.3 Å². The van der Waals surface area contributed by atoms with Crippen LogP contribution in [0.1, 0.15) is 19.8 Å². The van der Waals surface area contributed by atoms with Crippen molar-refractivity contribution in [2.75, 3.05) is 44.2 Å². The van der Waals surface area contributed by atoms with E-state index in [1.54, 1.807) is 6.92 Å². The van der Waals surface area contributed by atoms with Crippen molar-refractivity contribution in [3.63, 3.8) is 0 Å². The van der Waals surface area contributed by atoms with E-state index >= 15 is 0 Å². The van der Waals surface area contributed by atoms with Crippen LogP contribution in [0.2, 0.25) is 0 Å². The molecule has 0 spiro atoms. The maximum atomic E-state index is 11.1. The number of hydrogen-bond donors (Lipinski definition) is 2. The Labute approximate surface area is 190 Å². The number of esters is 3. The summed E-state index contributed by atoms with van der Waals surface area (Å²) >= 11 is 8.41. The summed E-state index contributed by atoms with van der Waals surface area (Å²) in [6.45, 7) is 9.26. The topological polar surface area (TPSA) is 129 Å². The van der Waals surface area contributed by atoms with Crippen LogP contribution in [0.25, 0.3) is 0 Å². The van der Waals surface area contributed by atoms with Gasteiger partial charge in [0.25, 0.3) is 0 Å².